The quantitative estimate of drug-likeness (QED) is 0.296. The minimum atomic E-state index is -0.535. The predicted molar refractivity (Wildman–Crippen MR) is 156 cm³/mol. The molecule has 1 aromatic heterocycles. The number of ether oxygens (including phenoxy) is 2. The van der Waals surface area contributed by atoms with Gasteiger partial charge in [0.2, 0.25) is 0 Å². The number of carbonyl (C=O) groups excluding carboxylic acids is 2. The monoisotopic (exact) mass is 544 g/mol. The highest BCUT2D eigenvalue weighted by Gasteiger charge is 2.34. The third-order valence-electron chi connectivity index (χ3n) is 6.69. The molecule has 1 atom stereocenters. The fourth-order valence-corrected chi connectivity index (χ4v) is 4.77. The summed E-state index contributed by atoms with van der Waals surface area (Å²) in [7, 11) is 0. The van der Waals surface area contributed by atoms with Crippen molar-refractivity contribution in [2.75, 3.05) is 13.1 Å². The van der Waals surface area contributed by atoms with Gasteiger partial charge in [-0.2, -0.15) is 0 Å². The lowest BCUT2D eigenvalue weighted by Gasteiger charge is -2.27. The van der Waals surface area contributed by atoms with E-state index in [9.17, 15) is 9.59 Å². The third kappa shape index (κ3) is 7.97. The van der Waals surface area contributed by atoms with Crippen molar-refractivity contribution in [3.05, 3.63) is 83.8 Å². The molecule has 4 rings (SSSR count). The van der Waals surface area contributed by atoms with Crippen molar-refractivity contribution >= 4 is 17.8 Å². The standard InChI is InChI=1S/C32H40N4O4/c1-5-10-24(18-19-33-30(37)39-22-23-11-7-6-8-12-23)25-14-16-26(17-15-25)27-21-34-29(35-27)28-13-9-20-36(28)31(38)40-32(2,3)4/h6-8,11-12,14-18,21,28H,5,9-10,13,19-20,22H2,1-4H3,(H,33,37)(H,34,35)/b24-18+/t28-/m0/s1. The number of amides is 2. The van der Waals surface area contributed by atoms with Gasteiger partial charge in [-0.25, -0.2) is 14.6 Å². The lowest BCUT2D eigenvalue weighted by atomic mass is 9.99. The normalized spacial score (nSPS) is 15.7. The average Bonchev–Trinajstić information content (AvgIpc) is 3.61. The molecule has 1 fully saturated rings. The second kappa shape index (κ2) is 13.3. The zero-order valence-corrected chi connectivity index (χ0v) is 23.9. The number of aromatic nitrogens is 2. The number of aromatic amines is 1. The van der Waals surface area contributed by atoms with Crippen molar-refractivity contribution in [2.45, 2.75) is 71.6 Å². The zero-order valence-electron chi connectivity index (χ0n) is 23.9. The summed E-state index contributed by atoms with van der Waals surface area (Å²) in [5.74, 6) is 0.777. The van der Waals surface area contributed by atoms with Gasteiger partial charge >= 0.3 is 12.2 Å². The first kappa shape index (κ1) is 28.9. The molecule has 3 aromatic rings. The number of benzene rings is 2. The van der Waals surface area contributed by atoms with Gasteiger partial charge in [0.1, 0.15) is 18.0 Å². The van der Waals surface area contributed by atoms with E-state index in [1.807, 2.05) is 63.4 Å². The van der Waals surface area contributed by atoms with E-state index in [-0.39, 0.29) is 18.7 Å². The third-order valence-corrected chi connectivity index (χ3v) is 6.69. The van der Waals surface area contributed by atoms with E-state index in [1.54, 1.807) is 4.90 Å². The molecule has 0 bridgehead atoms. The molecule has 2 N–H and O–H groups in total. The fraction of sp³-hybridized carbons (Fsp3) is 0.406. The Morgan fingerprint density at radius 3 is 2.58 bits per heavy atom. The van der Waals surface area contributed by atoms with Crippen molar-refractivity contribution in [3.63, 3.8) is 0 Å². The number of rotatable bonds is 9. The molecule has 8 heteroatoms. The van der Waals surface area contributed by atoms with Crippen molar-refractivity contribution in [2.24, 2.45) is 0 Å². The first-order valence-corrected chi connectivity index (χ1v) is 14.0. The molecule has 1 aliphatic heterocycles. The number of hydrogen-bond acceptors (Lipinski definition) is 5. The summed E-state index contributed by atoms with van der Waals surface area (Å²) >= 11 is 0. The first-order chi connectivity index (χ1) is 19.2. The molecule has 0 saturated carbocycles. The van der Waals surface area contributed by atoms with Crippen LogP contribution >= 0.6 is 0 Å². The number of nitrogens with one attached hydrogen (secondary N) is 2. The number of carbonyl (C=O) groups is 2. The van der Waals surface area contributed by atoms with Gasteiger partial charge in [0.15, 0.2) is 0 Å². The Morgan fingerprint density at radius 2 is 1.88 bits per heavy atom. The Morgan fingerprint density at radius 1 is 1.12 bits per heavy atom. The summed E-state index contributed by atoms with van der Waals surface area (Å²) in [4.78, 5) is 34.6. The summed E-state index contributed by atoms with van der Waals surface area (Å²) in [6, 6.07) is 17.8. The molecule has 40 heavy (non-hydrogen) atoms. The summed E-state index contributed by atoms with van der Waals surface area (Å²) in [5, 5.41) is 2.81. The van der Waals surface area contributed by atoms with Crippen LogP contribution in [-0.4, -0.2) is 45.7 Å². The van der Waals surface area contributed by atoms with Crippen LogP contribution in [0.25, 0.3) is 16.8 Å². The van der Waals surface area contributed by atoms with Gasteiger partial charge in [-0.3, -0.25) is 4.90 Å². The number of H-pyrrole nitrogens is 1. The van der Waals surface area contributed by atoms with Crippen LogP contribution in [-0.2, 0) is 16.1 Å². The minimum Gasteiger partial charge on any atom is -0.445 e. The van der Waals surface area contributed by atoms with E-state index >= 15 is 0 Å². The maximum Gasteiger partial charge on any atom is 0.410 e. The van der Waals surface area contributed by atoms with E-state index in [4.69, 9.17) is 9.47 Å². The van der Waals surface area contributed by atoms with Gasteiger partial charge < -0.3 is 19.8 Å². The molecule has 0 unspecified atom stereocenters. The summed E-state index contributed by atoms with van der Waals surface area (Å²) in [5.41, 5.74) is 4.61. The van der Waals surface area contributed by atoms with Crippen molar-refractivity contribution in [1.29, 1.82) is 0 Å². The molecule has 2 amide bonds. The molecule has 0 radical (unpaired) electrons. The molecule has 212 valence electrons. The first-order valence-electron chi connectivity index (χ1n) is 14.0. The second-order valence-electron chi connectivity index (χ2n) is 11.0. The maximum absolute atomic E-state index is 12.7. The molecule has 0 spiro atoms. The second-order valence-corrected chi connectivity index (χ2v) is 11.0. The number of imidazole rings is 1. The van der Waals surface area contributed by atoms with E-state index in [0.717, 1.165) is 53.9 Å². The Bertz CT molecular complexity index is 1290. The van der Waals surface area contributed by atoms with E-state index in [0.29, 0.717) is 13.1 Å². The average molecular weight is 545 g/mol. The maximum atomic E-state index is 12.7. The molecule has 2 aromatic carbocycles. The van der Waals surface area contributed by atoms with E-state index in [2.05, 4.69) is 46.5 Å². The van der Waals surface area contributed by atoms with Crippen LogP contribution in [0.3, 0.4) is 0 Å². The molecule has 1 aliphatic rings. The van der Waals surface area contributed by atoms with E-state index in [1.165, 1.54) is 5.57 Å². The highest BCUT2D eigenvalue weighted by Crippen LogP contribution is 2.33. The number of alkyl carbamates (subject to hydrolysis) is 1. The summed E-state index contributed by atoms with van der Waals surface area (Å²) in [6.45, 7) is 9.07. The van der Waals surface area contributed by atoms with E-state index < -0.39 is 11.7 Å². The van der Waals surface area contributed by atoms with Gasteiger partial charge in [-0.15, -0.1) is 0 Å². The Hall–Kier alpha value is -4.07. The van der Waals surface area contributed by atoms with Crippen molar-refractivity contribution < 1.29 is 19.1 Å². The molecular weight excluding hydrogens is 504 g/mol. The highest BCUT2D eigenvalue weighted by atomic mass is 16.6. The number of nitrogens with zero attached hydrogens (tertiary/aromatic N) is 2. The summed E-state index contributed by atoms with van der Waals surface area (Å²) < 4.78 is 10.9. The van der Waals surface area contributed by atoms with Crippen LogP contribution in [0.1, 0.15) is 76.4 Å². The lowest BCUT2D eigenvalue weighted by molar-refractivity contribution is 0.0218. The van der Waals surface area contributed by atoms with Crippen LogP contribution in [0.5, 0.6) is 0 Å². The van der Waals surface area contributed by atoms with Crippen LogP contribution in [0.4, 0.5) is 9.59 Å². The molecular formula is C32H40N4O4. The van der Waals surface area contributed by atoms with Gasteiger partial charge in [-0.05, 0) is 62.3 Å². The summed E-state index contributed by atoms with van der Waals surface area (Å²) in [6.07, 6.45) is 6.79. The Kier molecular flexibility index (Phi) is 9.64. The zero-order chi connectivity index (χ0) is 28.5. The smallest absolute Gasteiger partial charge is 0.410 e. The van der Waals surface area contributed by atoms with Gasteiger partial charge in [0.25, 0.3) is 0 Å². The van der Waals surface area contributed by atoms with Crippen LogP contribution in [0.15, 0.2) is 66.9 Å². The van der Waals surface area contributed by atoms with Crippen molar-refractivity contribution in [3.8, 4) is 11.3 Å². The Balaban J connectivity index is 1.36. The molecule has 1 saturated heterocycles. The SMILES string of the molecule is CCC/C(=C\CNC(=O)OCc1ccccc1)c1ccc(-c2cnc([C@@H]3CCCN3C(=O)OC(C)(C)C)[nH]2)cc1. The largest absolute Gasteiger partial charge is 0.445 e. The van der Waals surface area contributed by atoms with Crippen LogP contribution in [0.2, 0.25) is 0 Å². The molecule has 0 aliphatic carbocycles. The van der Waals surface area contributed by atoms with Gasteiger partial charge in [0.05, 0.1) is 17.9 Å². The predicted octanol–water partition coefficient (Wildman–Crippen LogP) is 7.26. The fourth-order valence-electron chi connectivity index (χ4n) is 4.77. The topological polar surface area (TPSA) is 96.6 Å². The number of allylic oxidation sites excluding steroid dienone is 1. The lowest BCUT2D eigenvalue weighted by Crippen LogP contribution is -2.36. The minimum absolute atomic E-state index is 0.117. The van der Waals surface area contributed by atoms with Crippen LogP contribution in [0, 0.1) is 0 Å². The van der Waals surface area contributed by atoms with Crippen LogP contribution < -0.4 is 5.32 Å². The number of likely N-dealkylation sites (tertiary alicyclic amines) is 1. The van der Waals surface area contributed by atoms with Gasteiger partial charge in [-0.1, -0.05) is 74.0 Å². The number of hydrogen-bond donors (Lipinski definition) is 2. The molecule has 8 nitrogen and oxygen atoms in total. The molecule has 2 heterocycles. The Labute approximate surface area is 236 Å². The highest BCUT2D eigenvalue weighted by molar-refractivity contribution is 5.71. The van der Waals surface area contributed by atoms with Crippen molar-refractivity contribution in [1.82, 2.24) is 20.2 Å². The van der Waals surface area contributed by atoms with Gasteiger partial charge in [0, 0.05) is 13.1 Å².